The number of esters is 1. The first-order valence-electron chi connectivity index (χ1n) is 3.76. The number of rotatable bonds is 1. The molecule has 64 valence electrons. The molecule has 0 spiro atoms. The lowest BCUT2D eigenvalue weighted by atomic mass is 9.60. The molecule has 0 heterocycles. The Bertz CT molecular complexity index is 174. The molecule has 0 radical (unpaired) electrons. The van der Waals surface area contributed by atoms with Gasteiger partial charge in [-0.3, -0.25) is 4.79 Å². The third kappa shape index (κ3) is 1.13. The molecule has 1 N–H and O–H groups in total. The summed E-state index contributed by atoms with van der Waals surface area (Å²) in [5.74, 6) is -0.331. The predicted octanol–water partition coefficient (Wildman–Crippen LogP) is 0.566. The van der Waals surface area contributed by atoms with Crippen LogP contribution in [0.5, 0.6) is 0 Å². The van der Waals surface area contributed by atoms with Crippen LogP contribution in [0.3, 0.4) is 0 Å². The van der Waals surface area contributed by atoms with Crippen molar-refractivity contribution in [3.8, 4) is 0 Å². The summed E-state index contributed by atoms with van der Waals surface area (Å²) in [5.41, 5.74) is -0.299. The number of hydrogen-bond donors (Lipinski definition) is 1. The lowest BCUT2D eigenvalue weighted by Crippen LogP contribution is -2.52. The normalized spacial score (nSPS) is 34.2. The minimum absolute atomic E-state index is 0.123. The summed E-state index contributed by atoms with van der Waals surface area (Å²) in [6.45, 7) is 3.76. The molecule has 0 aromatic rings. The Balaban J connectivity index is 2.59. The molecule has 3 nitrogen and oxygen atoms in total. The van der Waals surface area contributed by atoms with E-state index in [0.29, 0.717) is 6.42 Å². The van der Waals surface area contributed by atoms with Crippen LogP contribution in [0.1, 0.15) is 20.3 Å². The van der Waals surface area contributed by atoms with Crippen molar-refractivity contribution < 1.29 is 14.6 Å². The molecule has 1 aliphatic carbocycles. The summed E-state index contributed by atoms with van der Waals surface area (Å²) in [6, 6.07) is 0. The lowest BCUT2D eigenvalue weighted by molar-refractivity contribution is -0.171. The molecule has 0 unspecified atom stereocenters. The summed E-state index contributed by atoms with van der Waals surface area (Å²) in [7, 11) is 1.38. The highest BCUT2D eigenvalue weighted by Crippen LogP contribution is 2.46. The first kappa shape index (κ1) is 8.53. The molecule has 0 amide bonds. The molecule has 0 aromatic carbocycles. The number of carbonyl (C=O) groups excluding carboxylic acids is 1. The van der Waals surface area contributed by atoms with Crippen LogP contribution in [-0.4, -0.2) is 24.3 Å². The topological polar surface area (TPSA) is 46.5 Å². The number of aliphatic hydroxyl groups is 1. The number of carbonyl (C=O) groups is 1. The van der Waals surface area contributed by atoms with Crippen LogP contribution < -0.4 is 0 Å². The lowest BCUT2D eigenvalue weighted by Gasteiger charge is -2.47. The summed E-state index contributed by atoms with van der Waals surface area (Å²) in [6.07, 6.45) is 0.186. The maximum atomic E-state index is 11.0. The fraction of sp³-hybridized carbons (Fsp3) is 0.875. The van der Waals surface area contributed by atoms with E-state index in [4.69, 9.17) is 0 Å². The predicted molar refractivity (Wildman–Crippen MR) is 39.9 cm³/mol. The summed E-state index contributed by atoms with van der Waals surface area (Å²) in [4.78, 5) is 11.0. The highest BCUT2D eigenvalue weighted by Gasteiger charge is 2.51. The fourth-order valence-electron chi connectivity index (χ4n) is 1.44. The maximum absolute atomic E-state index is 11.0. The molecule has 0 saturated heterocycles. The van der Waals surface area contributed by atoms with Crippen molar-refractivity contribution in [2.45, 2.75) is 26.4 Å². The second kappa shape index (κ2) is 2.48. The van der Waals surface area contributed by atoms with Crippen molar-refractivity contribution in [2.75, 3.05) is 7.11 Å². The molecule has 2 atom stereocenters. The van der Waals surface area contributed by atoms with Gasteiger partial charge in [0.15, 0.2) is 0 Å². The van der Waals surface area contributed by atoms with E-state index in [0.717, 1.165) is 0 Å². The third-order valence-corrected chi connectivity index (χ3v) is 2.70. The Morgan fingerprint density at radius 1 is 1.64 bits per heavy atom. The summed E-state index contributed by atoms with van der Waals surface area (Å²) < 4.78 is 4.59. The molecule has 0 aliphatic heterocycles. The van der Waals surface area contributed by atoms with Crippen molar-refractivity contribution >= 4 is 5.97 Å². The zero-order valence-electron chi connectivity index (χ0n) is 7.13. The van der Waals surface area contributed by atoms with Crippen molar-refractivity contribution in [3.05, 3.63) is 0 Å². The Labute approximate surface area is 66.4 Å². The van der Waals surface area contributed by atoms with E-state index >= 15 is 0 Å². The van der Waals surface area contributed by atoms with Gasteiger partial charge in [-0.05, 0) is 6.42 Å². The highest BCUT2D eigenvalue weighted by molar-refractivity contribution is 5.74. The average molecular weight is 158 g/mol. The Morgan fingerprint density at radius 2 is 2.18 bits per heavy atom. The average Bonchev–Trinajstić information content (AvgIpc) is 1.98. The zero-order chi connectivity index (χ0) is 8.65. The molecule has 1 aliphatic rings. The van der Waals surface area contributed by atoms with Gasteiger partial charge in [0.1, 0.15) is 0 Å². The summed E-state index contributed by atoms with van der Waals surface area (Å²) in [5, 5.41) is 9.28. The maximum Gasteiger partial charge on any atom is 0.309 e. The largest absolute Gasteiger partial charge is 0.469 e. The van der Waals surface area contributed by atoms with Crippen LogP contribution >= 0.6 is 0 Å². The van der Waals surface area contributed by atoms with Gasteiger partial charge in [0, 0.05) is 5.41 Å². The van der Waals surface area contributed by atoms with Gasteiger partial charge in [-0.2, -0.15) is 0 Å². The number of aliphatic hydroxyl groups excluding tert-OH is 1. The van der Waals surface area contributed by atoms with E-state index < -0.39 is 0 Å². The molecule has 1 rings (SSSR count). The van der Waals surface area contributed by atoms with Crippen molar-refractivity contribution in [3.63, 3.8) is 0 Å². The summed E-state index contributed by atoms with van der Waals surface area (Å²) >= 11 is 0. The van der Waals surface area contributed by atoms with Crippen LogP contribution in [0, 0.1) is 11.3 Å². The highest BCUT2D eigenvalue weighted by atomic mass is 16.5. The van der Waals surface area contributed by atoms with E-state index in [1.807, 2.05) is 13.8 Å². The van der Waals surface area contributed by atoms with Gasteiger partial charge in [-0.1, -0.05) is 13.8 Å². The van der Waals surface area contributed by atoms with Gasteiger partial charge in [0.05, 0.1) is 19.1 Å². The molecule has 0 bridgehead atoms. The van der Waals surface area contributed by atoms with E-state index in [1.54, 1.807) is 0 Å². The quantitative estimate of drug-likeness (QED) is 0.567. The monoisotopic (exact) mass is 158 g/mol. The first-order chi connectivity index (χ1) is 5.00. The zero-order valence-corrected chi connectivity index (χ0v) is 7.13. The fourth-order valence-corrected chi connectivity index (χ4v) is 1.44. The Hall–Kier alpha value is -0.570. The van der Waals surface area contributed by atoms with Crippen molar-refractivity contribution in [1.82, 2.24) is 0 Å². The van der Waals surface area contributed by atoms with Gasteiger partial charge >= 0.3 is 5.97 Å². The van der Waals surface area contributed by atoms with E-state index in [1.165, 1.54) is 7.11 Å². The van der Waals surface area contributed by atoms with Gasteiger partial charge < -0.3 is 9.84 Å². The van der Waals surface area contributed by atoms with Crippen LogP contribution in [-0.2, 0) is 9.53 Å². The Kier molecular flexibility index (Phi) is 1.92. The minimum Gasteiger partial charge on any atom is -0.469 e. The molecule has 1 saturated carbocycles. The number of methoxy groups -OCH3 is 1. The van der Waals surface area contributed by atoms with Gasteiger partial charge in [0.2, 0.25) is 0 Å². The molecular weight excluding hydrogens is 144 g/mol. The van der Waals surface area contributed by atoms with Gasteiger partial charge in [-0.15, -0.1) is 0 Å². The second-order valence-electron chi connectivity index (χ2n) is 3.65. The van der Waals surface area contributed by atoms with Crippen LogP contribution in [0.25, 0.3) is 0 Å². The van der Waals surface area contributed by atoms with Crippen LogP contribution in [0.15, 0.2) is 0 Å². The molecular formula is C8H14O3. The Morgan fingerprint density at radius 3 is 2.45 bits per heavy atom. The molecule has 3 heteroatoms. The molecule has 11 heavy (non-hydrogen) atoms. The SMILES string of the molecule is COC(=O)[C@H]1C[C@H](O)C1(C)C. The standard InChI is InChI=1S/C8H14O3/c1-8(2)5(4-6(8)9)7(10)11-3/h5-6,9H,4H2,1-3H3/t5-,6+/m1/s1. The van der Waals surface area contributed by atoms with Gasteiger partial charge in [0.25, 0.3) is 0 Å². The first-order valence-corrected chi connectivity index (χ1v) is 3.76. The van der Waals surface area contributed by atoms with Crippen LogP contribution in [0.4, 0.5) is 0 Å². The van der Waals surface area contributed by atoms with Crippen LogP contribution in [0.2, 0.25) is 0 Å². The van der Waals surface area contributed by atoms with E-state index in [-0.39, 0.29) is 23.4 Å². The molecule has 0 aromatic heterocycles. The second-order valence-corrected chi connectivity index (χ2v) is 3.65. The van der Waals surface area contributed by atoms with Crippen molar-refractivity contribution in [1.29, 1.82) is 0 Å². The van der Waals surface area contributed by atoms with Gasteiger partial charge in [-0.25, -0.2) is 0 Å². The number of hydrogen-bond acceptors (Lipinski definition) is 3. The number of ether oxygens (including phenoxy) is 1. The molecule has 1 fully saturated rings. The van der Waals surface area contributed by atoms with E-state index in [2.05, 4.69) is 4.74 Å². The van der Waals surface area contributed by atoms with Crippen molar-refractivity contribution in [2.24, 2.45) is 11.3 Å². The third-order valence-electron chi connectivity index (χ3n) is 2.70. The minimum atomic E-state index is -0.355. The van der Waals surface area contributed by atoms with E-state index in [9.17, 15) is 9.90 Å². The smallest absolute Gasteiger partial charge is 0.309 e.